The van der Waals surface area contributed by atoms with Crippen LogP contribution >= 0.6 is 11.3 Å². The highest BCUT2D eigenvalue weighted by molar-refractivity contribution is 7.10. The van der Waals surface area contributed by atoms with Crippen LogP contribution in [0.25, 0.3) is 0 Å². The first-order valence-corrected chi connectivity index (χ1v) is 8.54. The Hall–Kier alpha value is -2.18. The average Bonchev–Trinajstić information content (AvgIpc) is 3.20. The van der Waals surface area contributed by atoms with E-state index in [0.717, 1.165) is 5.56 Å². The predicted molar refractivity (Wildman–Crippen MR) is 89.2 cm³/mol. The van der Waals surface area contributed by atoms with Gasteiger partial charge in [-0.2, -0.15) is 0 Å². The van der Waals surface area contributed by atoms with Crippen LogP contribution in [0.15, 0.2) is 41.8 Å². The van der Waals surface area contributed by atoms with Crippen molar-refractivity contribution in [2.24, 2.45) is 0 Å². The summed E-state index contributed by atoms with van der Waals surface area (Å²) in [7, 11) is 0. The molecule has 0 unspecified atom stereocenters. The van der Waals surface area contributed by atoms with Crippen LogP contribution in [-0.2, 0) is 4.79 Å². The molecule has 1 fully saturated rings. The minimum Gasteiger partial charge on any atom is -0.336 e. The van der Waals surface area contributed by atoms with Crippen LogP contribution in [0.2, 0.25) is 0 Å². The third-order valence-electron chi connectivity index (χ3n) is 3.97. The van der Waals surface area contributed by atoms with Crippen molar-refractivity contribution in [1.29, 1.82) is 0 Å². The van der Waals surface area contributed by atoms with Gasteiger partial charge in [-0.1, -0.05) is 35.9 Å². The summed E-state index contributed by atoms with van der Waals surface area (Å²) in [6.45, 7) is 3.31. The van der Waals surface area contributed by atoms with Gasteiger partial charge >= 0.3 is 6.03 Å². The zero-order valence-electron chi connectivity index (χ0n) is 13.0. The number of urea groups is 1. The molecule has 2 aromatic rings. The maximum atomic E-state index is 12.3. The van der Waals surface area contributed by atoms with Gasteiger partial charge in [-0.05, 0) is 18.4 Å². The van der Waals surface area contributed by atoms with Gasteiger partial charge in [-0.15, -0.1) is 11.3 Å². The molecule has 6 heteroatoms. The van der Waals surface area contributed by atoms with Gasteiger partial charge in [-0.3, -0.25) is 9.69 Å². The SMILES string of the molecule is Cc1ccc([C@@H]([NH2+]CC(=O)N2CCNC2=O)c2cccs2)cc1. The van der Waals surface area contributed by atoms with E-state index in [0.29, 0.717) is 13.1 Å². The molecule has 1 atom stereocenters. The summed E-state index contributed by atoms with van der Waals surface area (Å²) in [5.41, 5.74) is 2.38. The fourth-order valence-electron chi connectivity index (χ4n) is 2.70. The predicted octanol–water partition coefficient (Wildman–Crippen LogP) is 1.26. The standard InChI is InChI=1S/C17H19N3O2S/c1-12-4-6-13(7-5-12)16(14-3-2-10-23-14)19-11-15(21)20-9-8-18-17(20)22/h2-7,10,16,19H,8-9,11H2,1H3,(H,18,22)/p+1/t16-/m1/s1. The van der Waals surface area contributed by atoms with E-state index in [1.165, 1.54) is 15.3 Å². The molecule has 1 aromatic carbocycles. The van der Waals surface area contributed by atoms with Crippen LogP contribution in [0, 0.1) is 6.92 Å². The lowest BCUT2D eigenvalue weighted by atomic mass is 10.0. The maximum absolute atomic E-state index is 12.3. The van der Waals surface area contributed by atoms with Crippen LogP contribution in [-0.4, -0.2) is 36.5 Å². The van der Waals surface area contributed by atoms with E-state index in [4.69, 9.17) is 0 Å². The van der Waals surface area contributed by atoms with E-state index in [2.05, 4.69) is 42.6 Å². The number of benzene rings is 1. The highest BCUT2D eigenvalue weighted by Gasteiger charge is 2.28. The number of nitrogens with one attached hydrogen (secondary N) is 1. The van der Waals surface area contributed by atoms with Gasteiger partial charge in [0.05, 0.1) is 4.88 Å². The molecule has 1 aliphatic rings. The van der Waals surface area contributed by atoms with E-state index in [1.807, 2.05) is 16.8 Å². The quantitative estimate of drug-likeness (QED) is 0.867. The van der Waals surface area contributed by atoms with Gasteiger partial charge in [0.1, 0.15) is 6.04 Å². The van der Waals surface area contributed by atoms with Crippen molar-refractivity contribution >= 4 is 23.3 Å². The fourth-order valence-corrected chi connectivity index (χ4v) is 3.55. The number of hydrogen-bond acceptors (Lipinski definition) is 3. The topological polar surface area (TPSA) is 66.0 Å². The van der Waals surface area contributed by atoms with Crippen molar-refractivity contribution in [2.75, 3.05) is 19.6 Å². The number of imide groups is 1. The summed E-state index contributed by atoms with van der Waals surface area (Å²) in [6, 6.07) is 12.3. The fraction of sp³-hybridized carbons (Fsp3) is 0.294. The molecule has 0 radical (unpaired) electrons. The number of carbonyl (C=O) groups is 2. The number of nitrogens with zero attached hydrogens (tertiary/aromatic N) is 1. The van der Waals surface area contributed by atoms with Crippen LogP contribution in [0.5, 0.6) is 0 Å². The molecule has 120 valence electrons. The molecule has 0 spiro atoms. The summed E-state index contributed by atoms with van der Waals surface area (Å²) < 4.78 is 0. The second-order valence-electron chi connectivity index (χ2n) is 5.62. The minimum absolute atomic E-state index is 0.0743. The van der Waals surface area contributed by atoms with Crippen LogP contribution in [0.4, 0.5) is 4.79 Å². The summed E-state index contributed by atoms with van der Waals surface area (Å²) in [5.74, 6) is -0.145. The Morgan fingerprint density at radius 2 is 2.13 bits per heavy atom. The molecule has 1 aromatic heterocycles. The summed E-state index contributed by atoms with van der Waals surface area (Å²) in [5, 5.41) is 6.70. The van der Waals surface area contributed by atoms with Gasteiger partial charge < -0.3 is 10.6 Å². The molecule has 1 aliphatic heterocycles. The van der Waals surface area contributed by atoms with E-state index in [1.54, 1.807) is 11.3 Å². The van der Waals surface area contributed by atoms with E-state index >= 15 is 0 Å². The van der Waals surface area contributed by atoms with Crippen molar-refractivity contribution in [1.82, 2.24) is 10.2 Å². The number of quaternary nitrogens is 1. The molecule has 5 nitrogen and oxygen atoms in total. The van der Waals surface area contributed by atoms with Gasteiger partial charge in [0.2, 0.25) is 0 Å². The zero-order valence-corrected chi connectivity index (χ0v) is 13.8. The highest BCUT2D eigenvalue weighted by Crippen LogP contribution is 2.23. The Morgan fingerprint density at radius 1 is 1.35 bits per heavy atom. The third kappa shape index (κ3) is 3.60. The molecule has 0 bridgehead atoms. The Labute approximate surface area is 139 Å². The molecule has 2 heterocycles. The molecule has 0 saturated carbocycles. The molecule has 23 heavy (non-hydrogen) atoms. The number of thiophene rings is 1. The van der Waals surface area contributed by atoms with Gasteiger partial charge in [0.15, 0.2) is 6.54 Å². The summed E-state index contributed by atoms with van der Waals surface area (Å²) in [6.07, 6.45) is 0. The Bertz CT molecular complexity index is 682. The number of nitrogens with two attached hydrogens (primary N) is 1. The minimum atomic E-state index is -0.286. The average molecular weight is 330 g/mol. The van der Waals surface area contributed by atoms with Crippen molar-refractivity contribution in [3.63, 3.8) is 0 Å². The first kappa shape index (κ1) is 15.7. The number of aryl methyl sites for hydroxylation is 1. The molecule has 1 saturated heterocycles. The number of hydrogen-bond donors (Lipinski definition) is 2. The molecule has 0 aliphatic carbocycles. The zero-order chi connectivity index (χ0) is 16.2. The monoisotopic (exact) mass is 330 g/mol. The van der Waals surface area contributed by atoms with Crippen molar-refractivity contribution in [3.05, 3.63) is 57.8 Å². The Morgan fingerprint density at radius 3 is 2.74 bits per heavy atom. The normalized spacial score (nSPS) is 15.5. The van der Waals surface area contributed by atoms with Gasteiger partial charge in [-0.25, -0.2) is 4.79 Å². The molecular weight excluding hydrogens is 310 g/mol. The van der Waals surface area contributed by atoms with Crippen LogP contribution < -0.4 is 10.6 Å². The lowest BCUT2D eigenvalue weighted by Crippen LogP contribution is -2.87. The maximum Gasteiger partial charge on any atom is 0.324 e. The number of amides is 3. The lowest BCUT2D eigenvalue weighted by molar-refractivity contribution is -0.676. The molecule has 3 rings (SSSR count). The highest BCUT2D eigenvalue weighted by atomic mass is 32.1. The third-order valence-corrected chi connectivity index (χ3v) is 4.93. The first-order valence-electron chi connectivity index (χ1n) is 7.66. The smallest absolute Gasteiger partial charge is 0.324 e. The second-order valence-corrected chi connectivity index (χ2v) is 6.60. The number of rotatable bonds is 5. The van der Waals surface area contributed by atoms with Crippen LogP contribution in [0.1, 0.15) is 22.0 Å². The Kier molecular flexibility index (Phi) is 4.73. The van der Waals surface area contributed by atoms with Crippen LogP contribution in [0.3, 0.4) is 0 Å². The Balaban J connectivity index is 1.73. The van der Waals surface area contributed by atoms with Crippen molar-refractivity contribution in [2.45, 2.75) is 13.0 Å². The molecular formula is C17H20N3O2S+. The van der Waals surface area contributed by atoms with Gasteiger partial charge in [0, 0.05) is 18.7 Å². The summed E-state index contributed by atoms with van der Waals surface area (Å²) in [4.78, 5) is 26.3. The van der Waals surface area contributed by atoms with E-state index in [-0.39, 0.29) is 24.5 Å². The molecule has 3 N–H and O–H groups in total. The second kappa shape index (κ2) is 6.93. The first-order chi connectivity index (χ1) is 11.1. The number of carbonyl (C=O) groups excluding carboxylic acids is 2. The summed E-state index contributed by atoms with van der Waals surface area (Å²) >= 11 is 1.68. The van der Waals surface area contributed by atoms with Gasteiger partial charge in [0.25, 0.3) is 5.91 Å². The van der Waals surface area contributed by atoms with Crippen molar-refractivity contribution < 1.29 is 14.9 Å². The molecule has 3 amide bonds. The lowest BCUT2D eigenvalue weighted by Gasteiger charge is -2.17. The van der Waals surface area contributed by atoms with E-state index in [9.17, 15) is 9.59 Å². The van der Waals surface area contributed by atoms with E-state index < -0.39 is 0 Å². The van der Waals surface area contributed by atoms with Crippen molar-refractivity contribution in [3.8, 4) is 0 Å². The largest absolute Gasteiger partial charge is 0.336 e.